The summed E-state index contributed by atoms with van der Waals surface area (Å²) in [4.78, 5) is 0. The van der Waals surface area contributed by atoms with E-state index in [0.717, 1.165) is 5.92 Å². The predicted octanol–water partition coefficient (Wildman–Crippen LogP) is 2.20. The van der Waals surface area contributed by atoms with Gasteiger partial charge in [-0.05, 0) is 31.6 Å². The Morgan fingerprint density at radius 3 is 2.14 bits per heavy atom. The zero-order chi connectivity index (χ0) is 10.4. The maximum absolute atomic E-state index is 5.73. The highest BCUT2D eigenvalue weighted by molar-refractivity contribution is 4.69. The van der Waals surface area contributed by atoms with Crippen molar-refractivity contribution in [3.8, 4) is 0 Å². The fourth-order valence-electron chi connectivity index (χ4n) is 1.84. The molecule has 0 aromatic carbocycles. The summed E-state index contributed by atoms with van der Waals surface area (Å²) in [5.74, 6) is 0.871. The third kappa shape index (κ3) is 3.95. The van der Waals surface area contributed by atoms with Crippen LogP contribution in [0.2, 0.25) is 0 Å². The fraction of sp³-hybridized carbons (Fsp3) is 1.00. The molecule has 1 saturated carbocycles. The Bertz CT molecular complexity index is 137. The standard InChI is InChI=1S/C11H22O3/c1-9-4-6-10(7-5-9)14-8-11(12-2)13-3/h9-11H,4-8H2,1-3H3. The summed E-state index contributed by atoms with van der Waals surface area (Å²) in [7, 11) is 3.28. The third-order valence-electron chi connectivity index (χ3n) is 2.96. The van der Waals surface area contributed by atoms with E-state index in [1.165, 1.54) is 25.7 Å². The average Bonchev–Trinajstić information content (AvgIpc) is 2.22. The van der Waals surface area contributed by atoms with E-state index in [1.807, 2.05) is 0 Å². The van der Waals surface area contributed by atoms with Gasteiger partial charge in [-0.1, -0.05) is 6.92 Å². The van der Waals surface area contributed by atoms with E-state index in [0.29, 0.717) is 12.7 Å². The number of methoxy groups -OCH3 is 2. The van der Waals surface area contributed by atoms with E-state index in [4.69, 9.17) is 14.2 Å². The molecular formula is C11H22O3. The SMILES string of the molecule is COC(COC1CCC(C)CC1)OC. The molecule has 0 saturated heterocycles. The van der Waals surface area contributed by atoms with Crippen molar-refractivity contribution in [3.05, 3.63) is 0 Å². The monoisotopic (exact) mass is 202 g/mol. The minimum atomic E-state index is -0.214. The van der Waals surface area contributed by atoms with Gasteiger partial charge in [0.2, 0.25) is 0 Å². The summed E-state index contributed by atoms with van der Waals surface area (Å²) in [6, 6.07) is 0. The molecule has 0 spiro atoms. The summed E-state index contributed by atoms with van der Waals surface area (Å²) in [6.07, 6.45) is 5.14. The topological polar surface area (TPSA) is 27.7 Å². The zero-order valence-corrected chi connectivity index (χ0v) is 9.49. The molecule has 1 aliphatic rings. The summed E-state index contributed by atoms with van der Waals surface area (Å²) in [5.41, 5.74) is 0. The van der Waals surface area contributed by atoms with E-state index in [9.17, 15) is 0 Å². The highest BCUT2D eigenvalue weighted by atomic mass is 16.7. The molecule has 0 radical (unpaired) electrons. The molecule has 3 heteroatoms. The van der Waals surface area contributed by atoms with Gasteiger partial charge in [0.1, 0.15) is 0 Å². The molecule has 0 N–H and O–H groups in total. The fourth-order valence-corrected chi connectivity index (χ4v) is 1.84. The van der Waals surface area contributed by atoms with Gasteiger partial charge in [-0.2, -0.15) is 0 Å². The molecule has 0 aliphatic heterocycles. The van der Waals surface area contributed by atoms with Gasteiger partial charge in [-0.15, -0.1) is 0 Å². The first-order valence-corrected chi connectivity index (χ1v) is 5.43. The van der Waals surface area contributed by atoms with Crippen LogP contribution in [0.15, 0.2) is 0 Å². The second kappa shape index (κ2) is 6.38. The maximum atomic E-state index is 5.73. The molecule has 0 aromatic heterocycles. The molecule has 1 aliphatic carbocycles. The second-order valence-corrected chi connectivity index (χ2v) is 4.12. The molecule has 0 atom stereocenters. The Balaban J connectivity index is 2.12. The van der Waals surface area contributed by atoms with Crippen molar-refractivity contribution >= 4 is 0 Å². The number of ether oxygens (including phenoxy) is 3. The first-order chi connectivity index (χ1) is 6.76. The van der Waals surface area contributed by atoms with Gasteiger partial charge in [0.25, 0.3) is 0 Å². The van der Waals surface area contributed by atoms with Crippen molar-refractivity contribution in [2.45, 2.75) is 45.0 Å². The van der Waals surface area contributed by atoms with Gasteiger partial charge in [0.05, 0.1) is 12.7 Å². The van der Waals surface area contributed by atoms with E-state index < -0.39 is 0 Å². The molecule has 0 bridgehead atoms. The quantitative estimate of drug-likeness (QED) is 0.640. The second-order valence-electron chi connectivity index (χ2n) is 4.12. The molecular weight excluding hydrogens is 180 g/mol. The van der Waals surface area contributed by atoms with Gasteiger partial charge in [-0.3, -0.25) is 0 Å². The molecule has 1 rings (SSSR count). The summed E-state index contributed by atoms with van der Waals surface area (Å²) < 4.78 is 15.9. The molecule has 3 nitrogen and oxygen atoms in total. The molecule has 0 heterocycles. The molecule has 0 unspecified atom stereocenters. The van der Waals surface area contributed by atoms with E-state index in [-0.39, 0.29) is 6.29 Å². The van der Waals surface area contributed by atoms with Crippen molar-refractivity contribution in [3.63, 3.8) is 0 Å². The molecule has 84 valence electrons. The van der Waals surface area contributed by atoms with Crippen LogP contribution >= 0.6 is 0 Å². The van der Waals surface area contributed by atoms with E-state index >= 15 is 0 Å². The molecule has 1 fully saturated rings. The number of hydrogen-bond acceptors (Lipinski definition) is 3. The van der Waals surface area contributed by atoms with Crippen molar-refractivity contribution < 1.29 is 14.2 Å². The van der Waals surface area contributed by atoms with Crippen molar-refractivity contribution in [1.82, 2.24) is 0 Å². The lowest BCUT2D eigenvalue weighted by Crippen LogP contribution is -2.27. The van der Waals surface area contributed by atoms with Gasteiger partial charge in [-0.25, -0.2) is 0 Å². The van der Waals surface area contributed by atoms with Crippen LogP contribution in [0.4, 0.5) is 0 Å². The van der Waals surface area contributed by atoms with Crippen LogP contribution in [0.3, 0.4) is 0 Å². The van der Waals surface area contributed by atoms with Gasteiger partial charge in [0.15, 0.2) is 6.29 Å². The van der Waals surface area contributed by atoms with Crippen molar-refractivity contribution in [1.29, 1.82) is 0 Å². The van der Waals surface area contributed by atoms with Crippen LogP contribution in [-0.4, -0.2) is 33.2 Å². The van der Waals surface area contributed by atoms with Gasteiger partial charge >= 0.3 is 0 Å². The Labute approximate surface area is 86.7 Å². The minimum absolute atomic E-state index is 0.214. The summed E-state index contributed by atoms with van der Waals surface area (Å²) >= 11 is 0. The largest absolute Gasteiger partial charge is 0.373 e. The number of hydrogen-bond donors (Lipinski definition) is 0. The smallest absolute Gasteiger partial charge is 0.180 e. The Morgan fingerprint density at radius 2 is 1.64 bits per heavy atom. The zero-order valence-electron chi connectivity index (χ0n) is 9.49. The summed E-state index contributed by atoms with van der Waals surface area (Å²) in [5, 5.41) is 0. The van der Waals surface area contributed by atoms with Crippen LogP contribution in [-0.2, 0) is 14.2 Å². The lowest BCUT2D eigenvalue weighted by Gasteiger charge is -2.27. The highest BCUT2D eigenvalue weighted by Crippen LogP contribution is 2.25. The molecule has 14 heavy (non-hydrogen) atoms. The Morgan fingerprint density at radius 1 is 1.07 bits per heavy atom. The van der Waals surface area contributed by atoms with Gasteiger partial charge in [0, 0.05) is 14.2 Å². The van der Waals surface area contributed by atoms with Crippen molar-refractivity contribution in [2.24, 2.45) is 5.92 Å². The third-order valence-corrected chi connectivity index (χ3v) is 2.96. The predicted molar refractivity (Wildman–Crippen MR) is 55.2 cm³/mol. The van der Waals surface area contributed by atoms with Crippen LogP contribution in [0.25, 0.3) is 0 Å². The normalized spacial score (nSPS) is 28.3. The number of rotatable bonds is 5. The molecule has 0 amide bonds. The van der Waals surface area contributed by atoms with E-state index in [1.54, 1.807) is 14.2 Å². The maximum Gasteiger partial charge on any atom is 0.180 e. The Kier molecular flexibility index (Phi) is 5.45. The highest BCUT2D eigenvalue weighted by Gasteiger charge is 2.19. The van der Waals surface area contributed by atoms with Crippen LogP contribution < -0.4 is 0 Å². The lowest BCUT2D eigenvalue weighted by molar-refractivity contribution is -0.155. The lowest BCUT2D eigenvalue weighted by atomic mass is 9.89. The first-order valence-electron chi connectivity index (χ1n) is 5.43. The minimum Gasteiger partial charge on any atom is -0.373 e. The average molecular weight is 202 g/mol. The molecule has 0 aromatic rings. The van der Waals surface area contributed by atoms with E-state index in [2.05, 4.69) is 6.92 Å². The summed E-state index contributed by atoms with van der Waals surface area (Å²) in [6.45, 7) is 2.86. The van der Waals surface area contributed by atoms with Crippen LogP contribution in [0.1, 0.15) is 32.6 Å². The van der Waals surface area contributed by atoms with Crippen molar-refractivity contribution in [2.75, 3.05) is 20.8 Å². The van der Waals surface area contributed by atoms with Gasteiger partial charge < -0.3 is 14.2 Å². The van der Waals surface area contributed by atoms with Crippen LogP contribution in [0, 0.1) is 5.92 Å². The Hall–Kier alpha value is -0.120. The first kappa shape index (κ1) is 12.0. The van der Waals surface area contributed by atoms with Crippen LogP contribution in [0.5, 0.6) is 0 Å².